The third-order valence-corrected chi connectivity index (χ3v) is 2.82. The first kappa shape index (κ1) is 6.01. The number of hydrogen-bond acceptors (Lipinski definition) is 2. The fraction of sp³-hybridized carbons (Fsp3) is 1.00. The van der Waals surface area contributed by atoms with E-state index in [1.54, 1.807) is 0 Å². The molecule has 0 aromatic heterocycles. The lowest BCUT2D eigenvalue weighted by atomic mass is 10.5. The summed E-state index contributed by atoms with van der Waals surface area (Å²) in [5.41, 5.74) is 0. The van der Waals surface area contributed by atoms with Crippen molar-refractivity contribution in [1.82, 2.24) is 8.07 Å². The average Bonchev–Trinajstić information content (AvgIpc) is 1.91. The molecule has 1 rings (SSSR count). The van der Waals surface area contributed by atoms with Crippen LogP contribution in [0.4, 0.5) is 0 Å². The van der Waals surface area contributed by atoms with E-state index in [2.05, 4.69) is 32.3 Å². The predicted octanol–water partition coefficient (Wildman–Crippen LogP) is 1.53. The highest BCUT2D eigenvalue weighted by atomic mass is 79.9. The van der Waals surface area contributed by atoms with E-state index in [-0.39, 0.29) is 0 Å². The molecular weight excluding hydrogens is 224 g/mol. The molecule has 1 aliphatic heterocycles. The van der Waals surface area contributed by atoms with Crippen LogP contribution in [0.15, 0.2) is 0 Å². The van der Waals surface area contributed by atoms with Gasteiger partial charge in [0.05, 0.1) is 0 Å². The van der Waals surface area contributed by atoms with E-state index in [0.29, 0.717) is 0 Å². The smallest absolute Gasteiger partial charge is 0.0295 e. The maximum atomic E-state index is 3.32. The molecule has 0 spiro atoms. The van der Waals surface area contributed by atoms with Crippen molar-refractivity contribution in [2.75, 3.05) is 13.1 Å². The van der Waals surface area contributed by atoms with Crippen molar-refractivity contribution in [2.24, 2.45) is 0 Å². The van der Waals surface area contributed by atoms with Crippen LogP contribution in [0.3, 0.4) is 0 Å². The van der Waals surface area contributed by atoms with E-state index in [1.807, 2.05) is 8.07 Å². The molecule has 0 amide bonds. The van der Waals surface area contributed by atoms with Gasteiger partial charge in [0.2, 0.25) is 0 Å². The lowest BCUT2D eigenvalue weighted by molar-refractivity contribution is 0.314. The normalized spacial score (nSPS) is 26.6. The predicted molar refractivity (Wildman–Crippen MR) is 35.9 cm³/mol. The molecule has 0 atom stereocenters. The van der Waals surface area contributed by atoms with E-state index in [1.165, 1.54) is 6.42 Å². The summed E-state index contributed by atoms with van der Waals surface area (Å²) in [4.78, 5) is 0. The Morgan fingerprint density at radius 1 is 1.00 bits per heavy atom. The van der Waals surface area contributed by atoms with Gasteiger partial charge in [0.1, 0.15) is 0 Å². The summed E-state index contributed by atoms with van der Waals surface area (Å²) in [6, 6.07) is 0. The van der Waals surface area contributed by atoms with E-state index in [9.17, 15) is 0 Å². The highest BCUT2D eigenvalue weighted by molar-refractivity contribution is 9.09. The number of nitrogens with zero attached hydrogens (tertiary/aromatic N) is 2. The van der Waals surface area contributed by atoms with Crippen molar-refractivity contribution in [3.63, 3.8) is 0 Å². The second kappa shape index (κ2) is 2.44. The van der Waals surface area contributed by atoms with Crippen molar-refractivity contribution in [1.29, 1.82) is 0 Å². The van der Waals surface area contributed by atoms with Crippen LogP contribution in [0.5, 0.6) is 0 Å². The molecule has 0 aliphatic carbocycles. The molecule has 1 saturated heterocycles. The first-order valence-electron chi connectivity index (χ1n) is 2.17. The molecule has 0 bridgehead atoms. The molecule has 2 nitrogen and oxygen atoms in total. The quantitative estimate of drug-likeness (QED) is 0.582. The molecule has 4 heteroatoms. The molecule has 0 saturated carbocycles. The SMILES string of the molecule is BrN1CCCN1Br. The summed E-state index contributed by atoms with van der Waals surface area (Å²) in [7, 11) is 0. The zero-order chi connectivity index (χ0) is 5.28. The zero-order valence-electron chi connectivity index (χ0n) is 3.77. The summed E-state index contributed by atoms with van der Waals surface area (Å²) in [6.45, 7) is 2.20. The molecular formula is C3H6Br2N2. The minimum absolute atomic E-state index is 1.10. The molecule has 0 unspecified atom stereocenters. The summed E-state index contributed by atoms with van der Waals surface area (Å²) < 4.78 is 3.93. The third-order valence-electron chi connectivity index (χ3n) is 0.921. The topological polar surface area (TPSA) is 6.48 Å². The minimum atomic E-state index is 1.10. The lowest BCUT2D eigenvalue weighted by Gasteiger charge is -2.10. The van der Waals surface area contributed by atoms with Gasteiger partial charge in [-0.1, -0.05) is 0 Å². The van der Waals surface area contributed by atoms with Crippen molar-refractivity contribution in [2.45, 2.75) is 6.42 Å². The van der Waals surface area contributed by atoms with Gasteiger partial charge in [-0.05, 0) is 6.42 Å². The Labute approximate surface area is 60.1 Å². The van der Waals surface area contributed by atoms with Gasteiger partial charge in [-0.15, -0.1) is 0 Å². The molecule has 42 valence electrons. The maximum absolute atomic E-state index is 3.32. The minimum Gasteiger partial charge on any atom is -0.166 e. The van der Waals surface area contributed by atoms with Crippen molar-refractivity contribution in [3.05, 3.63) is 0 Å². The van der Waals surface area contributed by atoms with Crippen LogP contribution in [0.2, 0.25) is 0 Å². The van der Waals surface area contributed by atoms with Gasteiger partial charge < -0.3 is 0 Å². The van der Waals surface area contributed by atoms with Crippen LogP contribution in [0.25, 0.3) is 0 Å². The van der Waals surface area contributed by atoms with Crippen LogP contribution in [0.1, 0.15) is 6.42 Å². The van der Waals surface area contributed by atoms with Gasteiger partial charge in [-0.25, -0.2) is 0 Å². The Morgan fingerprint density at radius 3 is 1.57 bits per heavy atom. The van der Waals surface area contributed by atoms with Gasteiger partial charge >= 0.3 is 0 Å². The van der Waals surface area contributed by atoms with Crippen molar-refractivity contribution >= 4 is 32.3 Å². The van der Waals surface area contributed by atoms with Gasteiger partial charge in [-0.3, -0.25) is 0 Å². The summed E-state index contributed by atoms with van der Waals surface area (Å²) >= 11 is 6.63. The monoisotopic (exact) mass is 228 g/mol. The van der Waals surface area contributed by atoms with Crippen molar-refractivity contribution < 1.29 is 0 Å². The third kappa shape index (κ3) is 1.38. The fourth-order valence-corrected chi connectivity index (χ4v) is 1.37. The number of hydrogen-bond donors (Lipinski definition) is 0. The Morgan fingerprint density at radius 2 is 1.43 bits per heavy atom. The Balaban J connectivity index is 2.33. The van der Waals surface area contributed by atoms with Gasteiger partial charge in [0.25, 0.3) is 0 Å². The summed E-state index contributed by atoms with van der Waals surface area (Å²) in [5.74, 6) is 0. The van der Waals surface area contributed by atoms with Crippen LogP contribution in [-0.2, 0) is 0 Å². The van der Waals surface area contributed by atoms with E-state index < -0.39 is 0 Å². The molecule has 0 aromatic carbocycles. The summed E-state index contributed by atoms with van der Waals surface area (Å²) in [5, 5.41) is 0. The first-order valence-corrected chi connectivity index (χ1v) is 3.59. The second-order valence-electron chi connectivity index (χ2n) is 1.47. The molecule has 1 fully saturated rings. The Hall–Kier alpha value is 0.880. The average molecular weight is 230 g/mol. The second-order valence-corrected chi connectivity index (χ2v) is 3.11. The van der Waals surface area contributed by atoms with Crippen LogP contribution in [0, 0.1) is 0 Å². The van der Waals surface area contributed by atoms with Gasteiger partial charge in [0.15, 0.2) is 0 Å². The Kier molecular flexibility index (Phi) is 2.09. The number of halogens is 2. The molecule has 1 aliphatic rings. The zero-order valence-corrected chi connectivity index (χ0v) is 6.94. The van der Waals surface area contributed by atoms with Gasteiger partial charge in [-0.2, -0.15) is 8.07 Å². The van der Waals surface area contributed by atoms with Gasteiger partial charge in [0, 0.05) is 45.4 Å². The fourth-order valence-electron chi connectivity index (χ4n) is 0.549. The van der Waals surface area contributed by atoms with Crippen LogP contribution in [-0.4, -0.2) is 21.2 Å². The highest BCUT2D eigenvalue weighted by Gasteiger charge is 2.15. The molecule has 0 N–H and O–H groups in total. The van der Waals surface area contributed by atoms with E-state index >= 15 is 0 Å². The standard InChI is InChI=1S/C3H6Br2N2/c4-6-2-1-3-7(6)5/h1-3H2. The van der Waals surface area contributed by atoms with Crippen LogP contribution >= 0.6 is 32.3 Å². The number of hydrazine groups is 1. The number of rotatable bonds is 0. The van der Waals surface area contributed by atoms with E-state index in [0.717, 1.165) is 13.1 Å². The lowest BCUT2D eigenvalue weighted by Crippen LogP contribution is -2.16. The molecule has 0 aromatic rings. The van der Waals surface area contributed by atoms with E-state index in [4.69, 9.17) is 0 Å². The van der Waals surface area contributed by atoms with Crippen LogP contribution < -0.4 is 0 Å². The largest absolute Gasteiger partial charge is 0.166 e. The molecule has 7 heavy (non-hydrogen) atoms. The Bertz CT molecular complexity index is 60.0. The molecule has 1 heterocycles. The first-order chi connectivity index (χ1) is 3.30. The highest BCUT2D eigenvalue weighted by Crippen LogP contribution is 2.17. The summed E-state index contributed by atoms with van der Waals surface area (Å²) in [6.07, 6.45) is 1.23. The maximum Gasteiger partial charge on any atom is 0.0295 e. The van der Waals surface area contributed by atoms with Crippen molar-refractivity contribution in [3.8, 4) is 0 Å². The molecule has 0 radical (unpaired) electrons.